The molecule has 0 aliphatic rings. The lowest BCUT2D eigenvalue weighted by Crippen LogP contribution is -2.24. The van der Waals surface area contributed by atoms with Gasteiger partial charge in [-0.05, 0) is 23.8 Å². The van der Waals surface area contributed by atoms with Crippen LogP contribution in [0.25, 0.3) is 11.1 Å². The van der Waals surface area contributed by atoms with Gasteiger partial charge in [-0.15, -0.1) is 0 Å². The highest BCUT2D eigenvalue weighted by Gasteiger charge is 2.08. The number of hydrazone groups is 1. The largest absolute Gasteiger partial charge is 0.483 e. The van der Waals surface area contributed by atoms with Crippen LogP contribution in [0.3, 0.4) is 0 Å². The number of amides is 1. The average Bonchev–Trinajstić information content (AvgIpc) is 2.69. The van der Waals surface area contributed by atoms with Gasteiger partial charge < -0.3 is 4.74 Å². The first kappa shape index (κ1) is 19.0. The van der Waals surface area contributed by atoms with Crippen molar-refractivity contribution in [2.45, 2.75) is 0 Å². The number of halogens is 2. The number of para-hydroxylation sites is 1. The van der Waals surface area contributed by atoms with Gasteiger partial charge in [0, 0.05) is 16.1 Å². The monoisotopic (exact) mass is 398 g/mol. The molecule has 1 amide bonds. The molecule has 3 aromatic carbocycles. The summed E-state index contributed by atoms with van der Waals surface area (Å²) >= 11 is 11.9. The molecule has 0 aromatic heterocycles. The van der Waals surface area contributed by atoms with E-state index in [1.807, 2.05) is 54.6 Å². The van der Waals surface area contributed by atoms with E-state index >= 15 is 0 Å². The Labute approximate surface area is 167 Å². The zero-order valence-electron chi connectivity index (χ0n) is 14.2. The van der Waals surface area contributed by atoms with E-state index in [2.05, 4.69) is 10.5 Å². The fourth-order valence-corrected chi connectivity index (χ4v) is 2.86. The molecule has 0 atom stereocenters. The van der Waals surface area contributed by atoms with Gasteiger partial charge in [0.1, 0.15) is 5.75 Å². The molecular formula is C21H16Cl2N2O2. The van der Waals surface area contributed by atoms with Gasteiger partial charge in [-0.3, -0.25) is 4.79 Å². The van der Waals surface area contributed by atoms with Gasteiger partial charge in [-0.2, -0.15) is 5.10 Å². The summed E-state index contributed by atoms with van der Waals surface area (Å²) < 4.78 is 5.67. The summed E-state index contributed by atoms with van der Waals surface area (Å²) in [5.41, 5.74) is 5.00. The Morgan fingerprint density at radius 2 is 1.74 bits per heavy atom. The predicted molar refractivity (Wildman–Crippen MR) is 110 cm³/mol. The fraction of sp³-hybridized carbons (Fsp3) is 0.0476. The van der Waals surface area contributed by atoms with Crippen molar-refractivity contribution in [2.75, 3.05) is 6.61 Å². The lowest BCUT2D eigenvalue weighted by molar-refractivity contribution is -0.123. The second-order valence-corrected chi connectivity index (χ2v) is 6.45. The van der Waals surface area contributed by atoms with Gasteiger partial charge in [0.15, 0.2) is 6.61 Å². The van der Waals surface area contributed by atoms with Crippen LogP contribution in [0.2, 0.25) is 10.0 Å². The van der Waals surface area contributed by atoms with E-state index in [1.165, 1.54) is 6.21 Å². The molecule has 3 aromatic rings. The Morgan fingerprint density at radius 1 is 1.00 bits per heavy atom. The highest BCUT2D eigenvalue weighted by molar-refractivity contribution is 6.36. The zero-order chi connectivity index (χ0) is 19.1. The zero-order valence-corrected chi connectivity index (χ0v) is 15.7. The number of carbonyl (C=O) groups excluding carboxylic acids is 1. The number of rotatable bonds is 6. The molecule has 0 unspecified atom stereocenters. The molecule has 0 fully saturated rings. The first-order chi connectivity index (χ1) is 13.1. The lowest BCUT2D eigenvalue weighted by Gasteiger charge is -2.10. The maximum atomic E-state index is 12.0. The quantitative estimate of drug-likeness (QED) is 0.458. The van der Waals surface area contributed by atoms with E-state index in [4.69, 9.17) is 27.9 Å². The highest BCUT2D eigenvalue weighted by Crippen LogP contribution is 2.29. The third kappa shape index (κ3) is 5.33. The standard InChI is InChI=1S/C21H16Cl2N2O2/c22-17-11-10-16(19(23)12-17)13-24-25-21(26)14-27-20-9-5-4-8-18(20)15-6-2-1-3-7-15/h1-13H,14H2,(H,25,26). The number of hydrogen-bond acceptors (Lipinski definition) is 3. The van der Waals surface area contributed by atoms with Crippen molar-refractivity contribution in [3.05, 3.63) is 88.4 Å². The smallest absolute Gasteiger partial charge is 0.277 e. The molecule has 0 saturated carbocycles. The molecule has 0 aliphatic heterocycles. The van der Waals surface area contributed by atoms with E-state index in [1.54, 1.807) is 18.2 Å². The third-order valence-electron chi connectivity index (χ3n) is 3.69. The van der Waals surface area contributed by atoms with Crippen molar-refractivity contribution in [1.29, 1.82) is 0 Å². The summed E-state index contributed by atoms with van der Waals surface area (Å²) in [6, 6.07) is 22.4. The van der Waals surface area contributed by atoms with Gasteiger partial charge >= 0.3 is 0 Å². The minimum absolute atomic E-state index is 0.157. The fourth-order valence-electron chi connectivity index (χ4n) is 2.40. The first-order valence-electron chi connectivity index (χ1n) is 8.17. The Morgan fingerprint density at radius 3 is 2.52 bits per heavy atom. The Kier molecular flexibility index (Phi) is 6.47. The van der Waals surface area contributed by atoms with E-state index in [0.717, 1.165) is 11.1 Å². The lowest BCUT2D eigenvalue weighted by atomic mass is 10.1. The van der Waals surface area contributed by atoms with Crippen molar-refractivity contribution in [3.8, 4) is 16.9 Å². The van der Waals surface area contributed by atoms with Crippen molar-refractivity contribution in [3.63, 3.8) is 0 Å². The van der Waals surface area contributed by atoms with Crippen molar-refractivity contribution < 1.29 is 9.53 Å². The number of ether oxygens (including phenoxy) is 1. The molecule has 0 heterocycles. The van der Waals surface area contributed by atoms with Gasteiger partial charge in [-0.25, -0.2) is 5.43 Å². The molecule has 0 radical (unpaired) electrons. The van der Waals surface area contributed by atoms with Gasteiger partial charge in [-0.1, -0.05) is 77.8 Å². The average molecular weight is 399 g/mol. The molecule has 27 heavy (non-hydrogen) atoms. The summed E-state index contributed by atoms with van der Waals surface area (Å²) in [7, 11) is 0. The van der Waals surface area contributed by atoms with Crippen LogP contribution < -0.4 is 10.2 Å². The van der Waals surface area contributed by atoms with Crippen LogP contribution in [-0.2, 0) is 4.79 Å². The van der Waals surface area contributed by atoms with Gasteiger partial charge in [0.25, 0.3) is 5.91 Å². The first-order valence-corrected chi connectivity index (χ1v) is 8.93. The Hall–Kier alpha value is -2.82. The third-order valence-corrected chi connectivity index (χ3v) is 4.25. The van der Waals surface area contributed by atoms with Crippen molar-refractivity contribution >= 4 is 35.3 Å². The van der Waals surface area contributed by atoms with Crippen LogP contribution in [0.15, 0.2) is 77.9 Å². The van der Waals surface area contributed by atoms with Crippen LogP contribution in [0.5, 0.6) is 5.75 Å². The summed E-state index contributed by atoms with van der Waals surface area (Å²) in [5, 5.41) is 4.88. The van der Waals surface area contributed by atoms with E-state index < -0.39 is 0 Å². The molecule has 0 bridgehead atoms. The SMILES string of the molecule is O=C(COc1ccccc1-c1ccccc1)NN=Cc1ccc(Cl)cc1Cl. The summed E-state index contributed by atoms with van der Waals surface area (Å²) in [6.07, 6.45) is 1.45. The topological polar surface area (TPSA) is 50.7 Å². The molecular weight excluding hydrogens is 383 g/mol. The molecule has 4 nitrogen and oxygen atoms in total. The minimum atomic E-state index is -0.376. The van der Waals surface area contributed by atoms with Gasteiger partial charge in [0.05, 0.1) is 11.2 Å². The normalized spacial score (nSPS) is 10.7. The Balaban J connectivity index is 1.59. The van der Waals surface area contributed by atoms with Crippen LogP contribution in [0.4, 0.5) is 0 Å². The summed E-state index contributed by atoms with van der Waals surface area (Å²) in [6.45, 7) is -0.157. The molecule has 3 rings (SSSR count). The number of carbonyl (C=O) groups is 1. The van der Waals surface area contributed by atoms with Crippen LogP contribution in [-0.4, -0.2) is 18.7 Å². The number of nitrogens with zero attached hydrogens (tertiary/aromatic N) is 1. The van der Waals surface area contributed by atoms with E-state index in [9.17, 15) is 4.79 Å². The predicted octanol–water partition coefficient (Wildman–Crippen LogP) is 5.19. The van der Waals surface area contributed by atoms with Crippen LogP contribution in [0, 0.1) is 0 Å². The maximum absolute atomic E-state index is 12.0. The van der Waals surface area contributed by atoms with E-state index in [0.29, 0.717) is 21.4 Å². The Bertz CT molecular complexity index is 959. The highest BCUT2D eigenvalue weighted by atomic mass is 35.5. The molecule has 0 spiro atoms. The second kappa shape index (κ2) is 9.21. The number of benzene rings is 3. The summed E-state index contributed by atoms with van der Waals surface area (Å²) in [4.78, 5) is 12.0. The maximum Gasteiger partial charge on any atom is 0.277 e. The number of nitrogens with one attached hydrogen (secondary N) is 1. The second-order valence-electron chi connectivity index (χ2n) is 5.61. The van der Waals surface area contributed by atoms with E-state index in [-0.39, 0.29) is 12.5 Å². The van der Waals surface area contributed by atoms with Crippen molar-refractivity contribution in [1.82, 2.24) is 5.43 Å². The van der Waals surface area contributed by atoms with Gasteiger partial charge in [0.2, 0.25) is 0 Å². The molecule has 136 valence electrons. The summed E-state index contributed by atoms with van der Waals surface area (Å²) in [5.74, 6) is 0.253. The minimum Gasteiger partial charge on any atom is -0.483 e. The van der Waals surface area contributed by atoms with Crippen LogP contribution >= 0.6 is 23.2 Å². The number of hydrogen-bond donors (Lipinski definition) is 1. The van der Waals surface area contributed by atoms with Crippen LogP contribution in [0.1, 0.15) is 5.56 Å². The molecule has 0 aliphatic carbocycles. The molecule has 6 heteroatoms. The molecule has 0 saturated heterocycles. The van der Waals surface area contributed by atoms with Crippen molar-refractivity contribution in [2.24, 2.45) is 5.10 Å². The molecule has 1 N–H and O–H groups in total.